The lowest BCUT2D eigenvalue weighted by Crippen LogP contribution is -2.28. The molecule has 1 aromatic carbocycles. The summed E-state index contributed by atoms with van der Waals surface area (Å²) in [4.78, 5) is 0. The number of rotatable bonds is 3. The van der Waals surface area contributed by atoms with Gasteiger partial charge >= 0.3 is 0 Å². The Morgan fingerprint density at radius 2 is 1.88 bits per heavy atom. The van der Waals surface area contributed by atoms with Crippen molar-refractivity contribution in [3.63, 3.8) is 0 Å². The SMILES string of the molecule is N[C@@H](c1ccc2c(c1)OCCO2)[C@H](O)C1CC1. The van der Waals surface area contributed by atoms with Gasteiger partial charge in [-0.3, -0.25) is 0 Å². The molecule has 1 aromatic rings. The van der Waals surface area contributed by atoms with Crippen molar-refractivity contribution in [2.24, 2.45) is 11.7 Å². The van der Waals surface area contributed by atoms with Gasteiger partial charge in [0.15, 0.2) is 11.5 Å². The van der Waals surface area contributed by atoms with Crippen molar-refractivity contribution in [1.82, 2.24) is 0 Å². The van der Waals surface area contributed by atoms with E-state index in [0.717, 1.165) is 29.9 Å². The molecule has 1 fully saturated rings. The summed E-state index contributed by atoms with van der Waals surface area (Å²) >= 11 is 0. The maximum absolute atomic E-state index is 10.0. The van der Waals surface area contributed by atoms with E-state index in [1.807, 2.05) is 18.2 Å². The van der Waals surface area contributed by atoms with E-state index in [2.05, 4.69) is 0 Å². The molecule has 0 amide bonds. The largest absolute Gasteiger partial charge is 0.486 e. The van der Waals surface area contributed by atoms with E-state index in [1.54, 1.807) is 0 Å². The van der Waals surface area contributed by atoms with E-state index in [1.165, 1.54) is 0 Å². The lowest BCUT2D eigenvalue weighted by atomic mass is 9.98. The first-order valence-corrected chi connectivity index (χ1v) is 6.09. The van der Waals surface area contributed by atoms with Gasteiger partial charge in [0.1, 0.15) is 13.2 Å². The van der Waals surface area contributed by atoms with Gasteiger partial charge in [0, 0.05) is 0 Å². The highest BCUT2D eigenvalue weighted by Gasteiger charge is 2.34. The zero-order chi connectivity index (χ0) is 11.8. The molecule has 0 unspecified atom stereocenters. The number of aliphatic hydroxyl groups excluding tert-OH is 1. The molecule has 92 valence electrons. The fourth-order valence-corrected chi connectivity index (χ4v) is 2.20. The molecule has 2 aliphatic rings. The van der Waals surface area contributed by atoms with E-state index >= 15 is 0 Å². The quantitative estimate of drug-likeness (QED) is 0.827. The minimum atomic E-state index is -0.447. The zero-order valence-corrected chi connectivity index (χ0v) is 9.63. The van der Waals surface area contributed by atoms with E-state index in [4.69, 9.17) is 15.2 Å². The average molecular weight is 235 g/mol. The molecular weight excluding hydrogens is 218 g/mol. The maximum atomic E-state index is 10.0. The number of aliphatic hydroxyl groups is 1. The van der Waals surface area contributed by atoms with Crippen molar-refractivity contribution in [1.29, 1.82) is 0 Å². The normalized spacial score (nSPS) is 22.0. The van der Waals surface area contributed by atoms with Crippen molar-refractivity contribution in [3.05, 3.63) is 23.8 Å². The summed E-state index contributed by atoms with van der Waals surface area (Å²) in [6.07, 6.45) is 1.72. The van der Waals surface area contributed by atoms with Crippen molar-refractivity contribution in [2.75, 3.05) is 13.2 Å². The van der Waals surface area contributed by atoms with Gasteiger partial charge in [-0.05, 0) is 36.5 Å². The van der Waals surface area contributed by atoms with Crippen LogP contribution in [0.15, 0.2) is 18.2 Å². The number of hydrogen-bond donors (Lipinski definition) is 2. The van der Waals surface area contributed by atoms with Crippen molar-refractivity contribution >= 4 is 0 Å². The molecule has 1 aliphatic heterocycles. The fourth-order valence-electron chi connectivity index (χ4n) is 2.20. The molecule has 4 nitrogen and oxygen atoms in total. The Morgan fingerprint density at radius 1 is 1.18 bits per heavy atom. The third-order valence-corrected chi connectivity index (χ3v) is 3.42. The molecule has 4 heteroatoms. The Hall–Kier alpha value is -1.26. The highest BCUT2D eigenvalue weighted by atomic mass is 16.6. The number of nitrogens with two attached hydrogens (primary N) is 1. The second-order valence-electron chi connectivity index (χ2n) is 4.76. The molecule has 1 heterocycles. The zero-order valence-electron chi connectivity index (χ0n) is 9.63. The topological polar surface area (TPSA) is 64.7 Å². The number of benzene rings is 1. The van der Waals surface area contributed by atoms with Gasteiger partial charge in [-0.2, -0.15) is 0 Å². The summed E-state index contributed by atoms with van der Waals surface area (Å²) in [6, 6.07) is 5.32. The first kappa shape index (κ1) is 10.9. The van der Waals surface area contributed by atoms with E-state index in [9.17, 15) is 5.11 Å². The summed E-state index contributed by atoms with van der Waals surface area (Å²) in [5.41, 5.74) is 6.98. The maximum Gasteiger partial charge on any atom is 0.161 e. The van der Waals surface area contributed by atoms with Crippen LogP contribution < -0.4 is 15.2 Å². The van der Waals surface area contributed by atoms with Gasteiger partial charge in [0.05, 0.1) is 12.1 Å². The first-order valence-electron chi connectivity index (χ1n) is 6.09. The fraction of sp³-hybridized carbons (Fsp3) is 0.538. The molecule has 3 N–H and O–H groups in total. The van der Waals surface area contributed by atoms with Crippen LogP contribution in [0.2, 0.25) is 0 Å². The Bertz CT molecular complexity index is 417. The Kier molecular flexibility index (Phi) is 2.68. The molecular formula is C13H17NO3. The van der Waals surface area contributed by atoms with Crippen LogP contribution in [-0.2, 0) is 0 Å². The van der Waals surface area contributed by atoms with Crippen LogP contribution in [-0.4, -0.2) is 24.4 Å². The minimum absolute atomic E-state index is 0.335. The summed E-state index contributed by atoms with van der Waals surface area (Å²) in [5, 5.41) is 10.0. The molecule has 0 aromatic heterocycles. The third-order valence-electron chi connectivity index (χ3n) is 3.42. The highest BCUT2D eigenvalue weighted by Crippen LogP contribution is 2.39. The van der Waals surface area contributed by atoms with Gasteiger partial charge in [-0.15, -0.1) is 0 Å². The Balaban J connectivity index is 1.82. The number of fused-ring (bicyclic) bond motifs is 1. The van der Waals surface area contributed by atoms with Crippen LogP contribution in [0.3, 0.4) is 0 Å². The van der Waals surface area contributed by atoms with Gasteiger partial charge in [0.25, 0.3) is 0 Å². The lowest BCUT2D eigenvalue weighted by molar-refractivity contribution is 0.121. The Labute approximate surface area is 100 Å². The molecule has 0 saturated heterocycles. The molecule has 3 rings (SSSR count). The van der Waals surface area contributed by atoms with E-state index in [-0.39, 0.29) is 6.04 Å². The molecule has 17 heavy (non-hydrogen) atoms. The highest BCUT2D eigenvalue weighted by molar-refractivity contribution is 5.44. The van der Waals surface area contributed by atoms with Crippen LogP contribution in [0.5, 0.6) is 11.5 Å². The predicted molar refractivity (Wildman–Crippen MR) is 63.1 cm³/mol. The first-order chi connectivity index (χ1) is 8.25. The average Bonchev–Trinajstić information content (AvgIpc) is 3.21. The van der Waals surface area contributed by atoms with E-state index < -0.39 is 6.10 Å². The lowest BCUT2D eigenvalue weighted by Gasteiger charge is -2.22. The van der Waals surface area contributed by atoms with Crippen LogP contribution in [0.4, 0.5) is 0 Å². The standard InChI is InChI=1S/C13H17NO3/c14-12(13(15)8-1-2-8)9-3-4-10-11(7-9)17-6-5-16-10/h3-4,7-8,12-13,15H,1-2,5-6,14H2/t12-,13+/m0/s1. The molecule has 0 radical (unpaired) electrons. The van der Waals surface area contributed by atoms with Gasteiger partial charge in [0.2, 0.25) is 0 Å². The predicted octanol–water partition coefficient (Wildman–Crippen LogP) is 1.23. The third kappa shape index (κ3) is 2.10. The second-order valence-corrected chi connectivity index (χ2v) is 4.76. The van der Waals surface area contributed by atoms with Gasteiger partial charge in [-0.1, -0.05) is 6.07 Å². The smallest absolute Gasteiger partial charge is 0.161 e. The van der Waals surface area contributed by atoms with Crippen molar-refractivity contribution in [3.8, 4) is 11.5 Å². The molecule has 0 spiro atoms. The molecule has 1 aliphatic carbocycles. The van der Waals surface area contributed by atoms with Crippen LogP contribution in [0.25, 0.3) is 0 Å². The minimum Gasteiger partial charge on any atom is -0.486 e. The van der Waals surface area contributed by atoms with Crippen molar-refractivity contribution < 1.29 is 14.6 Å². The summed E-state index contributed by atoms with van der Waals surface area (Å²) in [6.45, 7) is 1.15. The molecule has 2 atom stereocenters. The number of ether oxygens (including phenoxy) is 2. The van der Waals surface area contributed by atoms with Crippen LogP contribution in [0.1, 0.15) is 24.4 Å². The van der Waals surface area contributed by atoms with Crippen molar-refractivity contribution in [2.45, 2.75) is 25.0 Å². The van der Waals surface area contributed by atoms with Crippen LogP contribution in [0, 0.1) is 5.92 Å². The van der Waals surface area contributed by atoms with E-state index in [0.29, 0.717) is 19.1 Å². The summed E-state index contributed by atoms with van der Waals surface area (Å²) in [7, 11) is 0. The van der Waals surface area contributed by atoms with Gasteiger partial charge in [-0.25, -0.2) is 0 Å². The summed E-state index contributed by atoms with van der Waals surface area (Å²) < 4.78 is 11.0. The molecule has 1 saturated carbocycles. The summed E-state index contributed by atoms with van der Waals surface area (Å²) in [5.74, 6) is 1.86. The van der Waals surface area contributed by atoms with Crippen LogP contribution >= 0.6 is 0 Å². The monoisotopic (exact) mass is 235 g/mol. The number of hydrogen-bond acceptors (Lipinski definition) is 4. The molecule has 0 bridgehead atoms. The van der Waals surface area contributed by atoms with Gasteiger partial charge < -0.3 is 20.3 Å². The second kappa shape index (κ2) is 4.20. The Morgan fingerprint density at radius 3 is 2.59 bits per heavy atom.